The van der Waals surface area contributed by atoms with Crippen LogP contribution in [0.4, 0.5) is 0 Å². The number of rotatable bonds is 2. The van der Waals surface area contributed by atoms with E-state index in [4.69, 9.17) is 0 Å². The SMILES string of the molecule is CS(=O)(=O)N[C@@H]1CCNC1. The molecule has 10 heavy (non-hydrogen) atoms. The van der Waals surface area contributed by atoms with Gasteiger partial charge in [0.1, 0.15) is 0 Å². The lowest BCUT2D eigenvalue weighted by Gasteiger charge is -2.07. The molecule has 1 aliphatic heterocycles. The summed E-state index contributed by atoms with van der Waals surface area (Å²) in [5, 5.41) is 3.07. The van der Waals surface area contributed by atoms with Crippen LogP contribution in [0.1, 0.15) is 6.42 Å². The van der Waals surface area contributed by atoms with Crippen LogP contribution in [0.25, 0.3) is 0 Å². The molecule has 0 radical (unpaired) electrons. The average Bonchev–Trinajstić information content (AvgIpc) is 2.12. The zero-order valence-corrected chi connectivity index (χ0v) is 6.74. The summed E-state index contributed by atoms with van der Waals surface area (Å²) in [4.78, 5) is 0. The summed E-state index contributed by atoms with van der Waals surface area (Å²) in [6.45, 7) is 1.67. The number of nitrogens with one attached hydrogen (secondary N) is 2. The van der Waals surface area contributed by atoms with E-state index in [0.717, 1.165) is 19.5 Å². The van der Waals surface area contributed by atoms with E-state index in [1.165, 1.54) is 6.26 Å². The van der Waals surface area contributed by atoms with Crippen molar-refractivity contribution in [1.82, 2.24) is 10.0 Å². The Balaban J connectivity index is 2.38. The summed E-state index contributed by atoms with van der Waals surface area (Å²) in [5.74, 6) is 0. The minimum atomic E-state index is -3.00. The first-order chi connectivity index (χ1) is 4.58. The van der Waals surface area contributed by atoms with Gasteiger partial charge >= 0.3 is 0 Å². The van der Waals surface area contributed by atoms with Crippen molar-refractivity contribution in [3.8, 4) is 0 Å². The lowest BCUT2D eigenvalue weighted by atomic mass is 10.3. The quantitative estimate of drug-likeness (QED) is 0.544. The average molecular weight is 164 g/mol. The van der Waals surface area contributed by atoms with Crippen LogP contribution in [0, 0.1) is 0 Å². The van der Waals surface area contributed by atoms with Crippen LogP contribution in [0.15, 0.2) is 0 Å². The number of hydrogen-bond acceptors (Lipinski definition) is 3. The molecule has 1 rings (SSSR count). The van der Waals surface area contributed by atoms with Crippen molar-refractivity contribution in [3.05, 3.63) is 0 Å². The second-order valence-corrected chi connectivity index (χ2v) is 4.36. The fourth-order valence-electron chi connectivity index (χ4n) is 1.06. The minimum Gasteiger partial charge on any atom is -0.315 e. The molecule has 4 nitrogen and oxygen atoms in total. The Hall–Kier alpha value is -0.130. The Morgan fingerprint density at radius 1 is 1.60 bits per heavy atom. The molecule has 0 aromatic rings. The zero-order chi connectivity index (χ0) is 7.61. The van der Waals surface area contributed by atoms with Gasteiger partial charge in [-0.1, -0.05) is 0 Å². The molecular formula is C5H12N2O2S. The topological polar surface area (TPSA) is 58.2 Å². The van der Waals surface area contributed by atoms with Gasteiger partial charge in [-0.25, -0.2) is 13.1 Å². The fraction of sp³-hybridized carbons (Fsp3) is 1.00. The summed E-state index contributed by atoms with van der Waals surface area (Å²) in [5.41, 5.74) is 0. The maximum absolute atomic E-state index is 10.6. The Morgan fingerprint density at radius 2 is 2.30 bits per heavy atom. The first-order valence-electron chi connectivity index (χ1n) is 3.26. The lowest BCUT2D eigenvalue weighted by molar-refractivity contribution is 0.566. The van der Waals surface area contributed by atoms with Gasteiger partial charge in [0.05, 0.1) is 6.26 Å². The van der Waals surface area contributed by atoms with Gasteiger partial charge in [0.2, 0.25) is 10.0 Å². The van der Waals surface area contributed by atoms with Gasteiger partial charge < -0.3 is 5.32 Å². The van der Waals surface area contributed by atoms with Crippen LogP contribution in [0.5, 0.6) is 0 Å². The van der Waals surface area contributed by atoms with Crippen molar-refractivity contribution in [2.45, 2.75) is 12.5 Å². The largest absolute Gasteiger partial charge is 0.315 e. The maximum atomic E-state index is 10.6. The minimum absolute atomic E-state index is 0.106. The normalized spacial score (nSPS) is 27.1. The van der Waals surface area contributed by atoms with Crippen molar-refractivity contribution >= 4 is 10.0 Å². The molecule has 1 atom stereocenters. The molecule has 1 heterocycles. The fourth-order valence-corrected chi connectivity index (χ4v) is 1.86. The van der Waals surface area contributed by atoms with E-state index in [1.807, 2.05) is 0 Å². The van der Waals surface area contributed by atoms with E-state index in [0.29, 0.717) is 0 Å². The van der Waals surface area contributed by atoms with Gasteiger partial charge in [0, 0.05) is 12.6 Å². The first kappa shape index (κ1) is 7.97. The van der Waals surface area contributed by atoms with E-state index in [9.17, 15) is 8.42 Å². The van der Waals surface area contributed by atoms with Gasteiger partial charge in [-0.05, 0) is 13.0 Å². The predicted octanol–water partition coefficient (Wildman–Crippen LogP) is -1.10. The third-order valence-corrected chi connectivity index (χ3v) is 2.20. The predicted molar refractivity (Wildman–Crippen MR) is 39.3 cm³/mol. The molecule has 0 aliphatic carbocycles. The lowest BCUT2D eigenvalue weighted by Crippen LogP contribution is -2.35. The van der Waals surface area contributed by atoms with Gasteiger partial charge in [0.25, 0.3) is 0 Å². The molecule has 2 N–H and O–H groups in total. The van der Waals surface area contributed by atoms with Crippen molar-refractivity contribution in [1.29, 1.82) is 0 Å². The second-order valence-electron chi connectivity index (χ2n) is 2.58. The van der Waals surface area contributed by atoms with Crippen LogP contribution in [0.2, 0.25) is 0 Å². The summed E-state index contributed by atoms with van der Waals surface area (Å²) >= 11 is 0. The van der Waals surface area contributed by atoms with Crippen LogP contribution in [-0.4, -0.2) is 33.8 Å². The highest BCUT2D eigenvalue weighted by Crippen LogP contribution is 1.97. The van der Waals surface area contributed by atoms with Gasteiger partial charge in [0.15, 0.2) is 0 Å². The van der Waals surface area contributed by atoms with Gasteiger partial charge in [-0.15, -0.1) is 0 Å². The molecule has 0 spiro atoms. The molecule has 60 valence electrons. The highest BCUT2D eigenvalue weighted by molar-refractivity contribution is 7.88. The highest BCUT2D eigenvalue weighted by Gasteiger charge is 2.17. The zero-order valence-electron chi connectivity index (χ0n) is 5.92. The van der Waals surface area contributed by atoms with Crippen LogP contribution >= 0.6 is 0 Å². The molecule has 0 bridgehead atoms. The molecule has 5 heteroatoms. The van der Waals surface area contributed by atoms with Crippen LogP contribution < -0.4 is 10.0 Å². The van der Waals surface area contributed by atoms with Crippen molar-refractivity contribution in [2.24, 2.45) is 0 Å². The number of sulfonamides is 1. The first-order valence-corrected chi connectivity index (χ1v) is 5.15. The number of hydrogen-bond donors (Lipinski definition) is 2. The summed E-state index contributed by atoms with van der Waals surface area (Å²) < 4.78 is 23.8. The van der Waals surface area contributed by atoms with Crippen molar-refractivity contribution < 1.29 is 8.42 Å². The highest BCUT2D eigenvalue weighted by atomic mass is 32.2. The van der Waals surface area contributed by atoms with Crippen LogP contribution in [0.3, 0.4) is 0 Å². The van der Waals surface area contributed by atoms with E-state index < -0.39 is 10.0 Å². The third kappa shape index (κ3) is 2.64. The maximum Gasteiger partial charge on any atom is 0.208 e. The molecule has 0 aromatic carbocycles. The van der Waals surface area contributed by atoms with Crippen molar-refractivity contribution in [2.75, 3.05) is 19.3 Å². The summed E-state index contributed by atoms with van der Waals surface area (Å²) in [6.07, 6.45) is 2.08. The summed E-state index contributed by atoms with van der Waals surface area (Å²) in [6, 6.07) is 0.106. The molecule has 1 fully saturated rings. The molecule has 1 aliphatic rings. The standard InChI is InChI=1S/C5H12N2O2S/c1-10(8,9)7-5-2-3-6-4-5/h5-7H,2-4H2,1H3/t5-/m1/s1. The van der Waals surface area contributed by atoms with Crippen LogP contribution in [-0.2, 0) is 10.0 Å². The molecule has 1 saturated heterocycles. The monoisotopic (exact) mass is 164 g/mol. The molecule has 0 amide bonds. The smallest absolute Gasteiger partial charge is 0.208 e. The third-order valence-electron chi connectivity index (χ3n) is 1.44. The Kier molecular flexibility index (Phi) is 2.28. The molecule has 0 saturated carbocycles. The molecule has 0 unspecified atom stereocenters. The van der Waals surface area contributed by atoms with Gasteiger partial charge in [-0.3, -0.25) is 0 Å². The van der Waals surface area contributed by atoms with E-state index in [1.54, 1.807) is 0 Å². The Bertz CT molecular complexity index is 194. The van der Waals surface area contributed by atoms with Crippen molar-refractivity contribution in [3.63, 3.8) is 0 Å². The second kappa shape index (κ2) is 2.86. The van der Waals surface area contributed by atoms with E-state index in [-0.39, 0.29) is 6.04 Å². The van der Waals surface area contributed by atoms with Gasteiger partial charge in [-0.2, -0.15) is 0 Å². The molecular weight excluding hydrogens is 152 g/mol. The van der Waals surface area contributed by atoms with E-state index >= 15 is 0 Å². The Labute approximate surface area is 61.1 Å². The summed E-state index contributed by atoms with van der Waals surface area (Å²) in [7, 11) is -3.00. The van der Waals surface area contributed by atoms with E-state index in [2.05, 4.69) is 10.0 Å². The molecule has 0 aromatic heterocycles. The Morgan fingerprint density at radius 3 is 2.70 bits per heavy atom.